The second-order valence-electron chi connectivity index (χ2n) is 5.83. The Morgan fingerprint density at radius 2 is 1.89 bits per heavy atom. The summed E-state index contributed by atoms with van der Waals surface area (Å²) in [5.41, 5.74) is 2.46. The minimum absolute atomic E-state index is 0.492. The summed E-state index contributed by atoms with van der Waals surface area (Å²) in [4.78, 5) is 2.46. The molecule has 0 saturated carbocycles. The molecule has 0 atom stereocenters. The molecule has 1 rings (SSSR count). The van der Waals surface area contributed by atoms with Crippen LogP contribution in [-0.4, -0.2) is 28.4 Å². The van der Waals surface area contributed by atoms with E-state index in [-0.39, 0.29) is 0 Å². The maximum absolute atomic E-state index is 4.61. The number of nitrogens with one attached hydrogen (secondary N) is 1. The molecule has 0 aromatic carbocycles. The Morgan fingerprint density at radius 1 is 1.26 bits per heavy atom. The second kappa shape index (κ2) is 6.94. The SMILES string of the molecule is CCCN(c1c(CNC(C)C)c(C)nn1C)C(C)C. The average molecular weight is 266 g/mol. The molecule has 4 nitrogen and oxygen atoms in total. The molecule has 0 aliphatic rings. The zero-order valence-corrected chi connectivity index (χ0v) is 13.6. The Balaban J connectivity index is 3.09. The number of anilines is 1. The van der Waals surface area contributed by atoms with Gasteiger partial charge >= 0.3 is 0 Å². The number of hydrogen-bond acceptors (Lipinski definition) is 3. The normalized spacial score (nSPS) is 11.6. The largest absolute Gasteiger partial charge is 0.354 e. The van der Waals surface area contributed by atoms with Crippen molar-refractivity contribution in [1.29, 1.82) is 0 Å². The van der Waals surface area contributed by atoms with Crippen molar-refractivity contribution in [1.82, 2.24) is 15.1 Å². The van der Waals surface area contributed by atoms with E-state index in [1.807, 2.05) is 11.7 Å². The number of hydrogen-bond donors (Lipinski definition) is 1. The summed E-state index contributed by atoms with van der Waals surface area (Å²) in [7, 11) is 2.05. The first-order chi connectivity index (χ1) is 8.88. The lowest BCUT2D eigenvalue weighted by molar-refractivity contribution is 0.580. The third kappa shape index (κ3) is 3.96. The summed E-state index contributed by atoms with van der Waals surface area (Å²) >= 11 is 0. The van der Waals surface area contributed by atoms with E-state index in [1.54, 1.807) is 0 Å². The van der Waals surface area contributed by atoms with Crippen LogP contribution in [0, 0.1) is 6.92 Å². The molecule has 0 amide bonds. The monoisotopic (exact) mass is 266 g/mol. The van der Waals surface area contributed by atoms with Crippen molar-refractivity contribution in [2.75, 3.05) is 11.4 Å². The highest BCUT2D eigenvalue weighted by Gasteiger charge is 2.20. The van der Waals surface area contributed by atoms with Crippen LogP contribution in [0.1, 0.15) is 52.3 Å². The van der Waals surface area contributed by atoms with Crippen LogP contribution >= 0.6 is 0 Å². The Labute approximate surface area is 118 Å². The fraction of sp³-hybridized carbons (Fsp3) is 0.800. The van der Waals surface area contributed by atoms with Gasteiger partial charge in [0.2, 0.25) is 0 Å². The highest BCUT2D eigenvalue weighted by Crippen LogP contribution is 2.25. The Hall–Kier alpha value is -1.03. The van der Waals surface area contributed by atoms with Gasteiger partial charge in [0.15, 0.2) is 0 Å². The molecular weight excluding hydrogens is 236 g/mol. The van der Waals surface area contributed by atoms with Gasteiger partial charge in [0.1, 0.15) is 5.82 Å². The first-order valence-corrected chi connectivity index (χ1v) is 7.40. The van der Waals surface area contributed by atoms with Crippen LogP contribution in [-0.2, 0) is 13.6 Å². The molecule has 1 heterocycles. The molecule has 0 saturated heterocycles. The Kier molecular flexibility index (Phi) is 5.85. The van der Waals surface area contributed by atoms with Gasteiger partial charge in [-0.25, -0.2) is 0 Å². The zero-order chi connectivity index (χ0) is 14.6. The molecule has 0 bridgehead atoms. The molecule has 0 fully saturated rings. The molecule has 0 unspecified atom stereocenters. The Bertz CT molecular complexity index is 393. The van der Waals surface area contributed by atoms with Crippen LogP contribution in [0.15, 0.2) is 0 Å². The van der Waals surface area contributed by atoms with Gasteiger partial charge in [0.05, 0.1) is 5.69 Å². The van der Waals surface area contributed by atoms with Crippen molar-refractivity contribution in [3.8, 4) is 0 Å². The summed E-state index contributed by atoms with van der Waals surface area (Å²) < 4.78 is 2.03. The van der Waals surface area contributed by atoms with E-state index in [9.17, 15) is 0 Å². The lowest BCUT2D eigenvalue weighted by atomic mass is 10.2. The molecule has 110 valence electrons. The first-order valence-electron chi connectivity index (χ1n) is 7.40. The van der Waals surface area contributed by atoms with Crippen molar-refractivity contribution >= 4 is 5.82 Å². The number of rotatable bonds is 7. The molecule has 0 aliphatic heterocycles. The zero-order valence-electron chi connectivity index (χ0n) is 13.6. The maximum Gasteiger partial charge on any atom is 0.131 e. The molecule has 1 N–H and O–H groups in total. The summed E-state index contributed by atoms with van der Waals surface area (Å²) in [6.07, 6.45) is 1.15. The molecule has 1 aromatic rings. The van der Waals surface area contributed by atoms with Crippen molar-refractivity contribution in [3.63, 3.8) is 0 Å². The quantitative estimate of drug-likeness (QED) is 0.824. The summed E-state index contributed by atoms with van der Waals surface area (Å²) in [5, 5.41) is 8.12. The van der Waals surface area contributed by atoms with Crippen LogP contribution in [0.25, 0.3) is 0 Å². The van der Waals surface area contributed by atoms with E-state index in [4.69, 9.17) is 0 Å². The van der Waals surface area contributed by atoms with E-state index in [0.29, 0.717) is 12.1 Å². The number of nitrogens with zero attached hydrogens (tertiary/aromatic N) is 3. The highest BCUT2D eigenvalue weighted by atomic mass is 15.4. The highest BCUT2D eigenvalue weighted by molar-refractivity contribution is 5.50. The van der Waals surface area contributed by atoms with E-state index < -0.39 is 0 Å². The smallest absolute Gasteiger partial charge is 0.131 e. The predicted octanol–water partition coefficient (Wildman–Crippen LogP) is 2.85. The molecule has 4 heteroatoms. The Morgan fingerprint density at radius 3 is 2.37 bits per heavy atom. The lowest BCUT2D eigenvalue weighted by Gasteiger charge is -2.29. The molecule has 1 aromatic heterocycles. The van der Waals surface area contributed by atoms with Gasteiger partial charge in [-0.3, -0.25) is 4.68 Å². The van der Waals surface area contributed by atoms with Gasteiger partial charge in [0.25, 0.3) is 0 Å². The van der Waals surface area contributed by atoms with Gasteiger partial charge in [-0.2, -0.15) is 5.10 Å². The fourth-order valence-electron chi connectivity index (χ4n) is 2.41. The molecule has 0 spiro atoms. The second-order valence-corrected chi connectivity index (χ2v) is 5.83. The van der Waals surface area contributed by atoms with E-state index in [0.717, 1.165) is 25.2 Å². The van der Waals surface area contributed by atoms with Crippen LogP contribution in [0.5, 0.6) is 0 Å². The fourth-order valence-corrected chi connectivity index (χ4v) is 2.41. The predicted molar refractivity (Wildman–Crippen MR) is 82.7 cm³/mol. The van der Waals surface area contributed by atoms with Gasteiger partial charge in [-0.1, -0.05) is 20.8 Å². The maximum atomic E-state index is 4.61. The van der Waals surface area contributed by atoms with Gasteiger partial charge < -0.3 is 10.2 Å². The summed E-state index contributed by atoms with van der Waals surface area (Å²) in [6.45, 7) is 15.1. The third-order valence-corrected chi connectivity index (χ3v) is 3.36. The standard InChI is InChI=1S/C15H30N4/c1-8-9-19(12(4)5)15-14(10-16-11(2)3)13(6)17-18(15)7/h11-12,16H,8-10H2,1-7H3. The van der Waals surface area contributed by atoms with Gasteiger partial charge in [-0.15, -0.1) is 0 Å². The van der Waals surface area contributed by atoms with E-state index in [1.165, 1.54) is 11.4 Å². The van der Waals surface area contributed by atoms with Crippen LogP contribution in [0.3, 0.4) is 0 Å². The van der Waals surface area contributed by atoms with E-state index >= 15 is 0 Å². The van der Waals surface area contributed by atoms with Crippen molar-refractivity contribution in [2.45, 2.75) is 66.6 Å². The van der Waals surface area contributed by atoms with E-state index in [2.05, 4.69) is 56.9 Å². The average Bonchev–Trinajstić information content (AvgIpc) is 2.57. The molecule has 19 heavy (non-hydrogen) atoms. The van der Waals surface area contributed by atoms with Gasteiger partial charge in [0, 0.05) is 37.8 Å². The molecule has 0 radical (unpaired) electrons. The first kappa shape index (κ1) is 16.0. The van der Waals surface area contributed by atoms with Crippen LogP contribution in [0.2, 0.25) is 0 Å². The number of aryl methyl sites for hydroxylation is 2. The lowest BCUT2D eigenvalue weighted by Crippen LogP contribution is -2.34. The number of aromatic nitrogens is 2. The third-order valence-electron chi connectivity index (χ3n) is 3.36. The minimum atomic E-state index is 0.492. The molecule has 0 aliphatic carbocycles. The van der Waals surface area contributed by atoms with Crippen molar-refractivity contribution < 1.29 is 0 Å². The topological polar surface area (TPSA) is 33.1 Å². The summed E-state index contributed by atoms with van der Waals surface area (Å²) in [5.74, 6) is 1.27. The van der Waals surface area contributed by atoms with Crippen LogP contribution < -0.4 is 10.2 Å². The molecular formula is C15H30N4. The minimum Gasteiger partial charge on any atom is -0.354 e. The van der Waals surface area contributed by atoms with Gasteiger partial charge in [-0.05, 0) is 27.2 Å². The van der Waals surface area contributed by atoms with Crippen molar-refractivity contribution in [3.05, 3.63) is 11.3 Å². The van der Waals surface area contributed by atoms with Crippen LogP contribution in [0.4, 0.5) is 5.82 Å². The summed E-state index contributed by atoms with van der Waals surface area (Å²) in [6, 6.07) is 0.985. The van der Waals surface area contributed by atoms with Crippen molar-refractivity contribution in [2.24, 2.45) is 7.05 Å².